The lowest BCUT2D eigenvalue weighted by Gasteiger charge is -2.17. The van der Waals surface area contributed by atoms with E-state index in [0.29, 0.717) is 11.6 Å². The van der Waals surface area contributed by atoms with Crippen molar-refractivity contribution >= 4 is 17.3 Å². The van der Waals surface area contributed by atoms with Gasteiger partial charge in [-0.3, -0.25) is 14.9 Å². The monoisotopic (exact) mass is 279 g/mol. The van der Waals surface area contributed by atoms with E-state index in [9.17, 15) is 14.9 Å². The first kappa shape index (κ1) is 15.9. The molecule has 1 unspecified atom stereocenters. The van der Waals surface area contributed by atoms with E-state index in [-0.39, 0.29) is 23.2 Å². The van der Waals surface area contributed by atoms with E-state index in [2.05, 4.69) is 24.5 Å². The summed E-state index contributed by atoms with van der Waals surface area (Å²) in [7, 11) is 1.68. The minimum atomic E-state index is -0.506. The molecule has 0 radical (unpaired) electrons. The number of nitrogens with one attached hydrogen (secondary N) is 2. The van der Waals surface area contributed by atoms with Gasteiger partial charge in [-0.25, -0.2) is 0 Å². The Hall–Kier alpha value is -2.11. The predicted octanol–water partition coefficient (Wildman–Crippen LogP) is 2.80. The van der Waals surface area contributed by atoms with Gasteiger partial charge in [-0.1, -0.05) is 13.8 Å². The van der Waals surface area contributed by atoms with E-state index in [4.69, 9.17) is 0 Å². The van der Waals surface area contributed by atoms with E-state index in [0.717, 1.165) is 6.42 Å². The van der Waals surface area contributed by atoms with Crippen molar-refractivity contribution in [2.75, 3.05) is 12.4 Å². The first-order valence-corrected chi connectivity index (χ1v) is 6.62. The Morgan fingerprint density at radius 2 is 2.00 bits per heavy atom. The fourth-order valence-electron chi connectivity index (χ4n) is 2.12. The first-order chi connectivity index (χ1) is 9.35. The van der Waals surface area contributed by atoms with E-state index in [1.54, 1.807) is 13.1 Å². The Morgan fingerprint density at radius 3 is 2.50 bits per heavy atom. The molecule has 0 saturated heterocycles. The van der Waals surface area contributed by atoms with Crippen molar-refractivity contribution in [3.05, 3.63) is 33.9 Å². The quantitative estimate of drug-likeness (QED) is 0.619. The number of nitro groups is 1. The zero-order valence-corrected chi connectivity index (χ0v) is 12.3. The summed E-state index contributed by atoms with van der Waals surface area (Å²) in [6.07, 6.45) is 0.857. The molecule has 0 aliphatic carbocycles. The lowest BCUT2D eigenvalue weighted by atomic mass is 10.0. The Balaban J connectivity index is 2.95. The molecule has 0 saturated carbocycles. The summed E-state index contributed by atoms with van der Waals surface area (Å²) >= 11 is 0. The van der Waals surface area contributed by atoms with Gasteiger partial charge in [0.25, 0.3) is 11.6 Å². The second kappa shape index (κ2) is 6.88. The fourth-order valence-corrected chi connectivity index (χ4v) is 2.12. The van der Waals surface area contributed by atoms with Crippen molar-refractivity contribution in [3.63, 3.8) is 0 Å². The molecule has 0 bridgehead atoms. The van der Waals surface area contributed by atoms with Gasteiger partial charge in [0.15, 0.2) is 0 Å². The van der Waals surface area contributed by atoms with E-state index >= 15 is 0 Å². The number of anilines is 1. The predicted molar refractivity (Wildman–Crippen MR) is 79.0 cm³/mol. The Labute approximate surface area is 118 Å². The lowest BCUT2D eigenvalue weighted by molar-refractivity contribution is -0.384. The molecule has 0 spiro atoms. The van der Waals surface area contributed by atoms with Crippen LogP contribution in [0.3, 0.4) is 0 Å². The Kier molecular flexibility index (Phi) is 5.49. The standard InChI is InChI=1S/C14H21N3O3/c1-9(2)7-10(3)16-14(18)12-8-11(17(19)20)5-6-13(12)15-4/h5-6,8-10,15H,7H2,1-4H3,(H,16,18). The van der Waals surface area contributed by atoms with Gasteiger partial charge in [0.05, 0.1) is 10.5 Å². The number of non-ortho nitro benzene ring substituents is 1. The van der Waals surface area contributed by atoms with Gasteiger partial charge in [0.1, 0.15) is 0 Å². The number of nitro benzene ring substituents is 1. The second-order valence-electron chi connectivity index (χ2n) is 5.24. The van der Waals surface area contributed by atoms with Gasteiger partial charge in [0, 0.05) is 30.9 Å². The summed E-state index contributed by atoms with van der Waals surface area (Å²) in [6.45, 7) is 6.08. The molecule has 6 heteroatoms. The van der Waals surface area contributed by atoms with Gasteiger partial charge < -0.3 is 10.6 Å². The average Bonchev–Trinajstić information content (AvgIpc) is 2.36. The molecular weight excluding hydrogens is 258 g/mol. The highest BCUT2D eigenvalue weighted by Crippen LogP contribution is 2.22. The molecule has 6 nitrogen and oxygen atoms in total. The van der Waals surface area contributed by atoms with Crippen LogP contribution in [0.4, 0.5) is 11.4 Å². The molecule has 110 valence electrons. The summed E-state index contributed by atoms with van der Waals surface area (Å²) in [5.74, 6) is 0.172. The maximum absolute atomic E-state index is 12.2. The van der Waals surface area contributed by atoms with Crippen LogP contribution in [0.25, 0.3) is 0 Å². The molecule has 1 aromatic carbocycles. The zero-order chi connectivity index (χ0) is 15.3. The van der Waals surface area contributed by atoms with Crippen LogP contribution in [0.1, 0.15) is 37.6 Å². The number of hydrogen-bond acceptors (Lipinski definition) is 4. The molecule has 20 heavy (non-hydrogen) atoms. The van der Waals surface area contributed by atoms with Crippen molar-refractivity contribution in [2.24, 2.45) is 5.92 Å². The average molecular weight is 279 g/mol. The molecule has 1 rings (SSSR count). The molecule has 1 amide bonds. The summed E-state index contributed by atoms with van der Waals surface area (Å²) in [5.41, 5.74) is 0.771. The van der Waals surface area contributed by atoms with Crippen LogP contribution in [0.2, 0.25) is 0 Å². The summed E-state index contributed by atoms with van der Waals surface area (Å²) in [5, 5.41) is 16.5. The maximum Gasteiger partial charge on any atom is 0.270 e. The minimum Gasteiger partial charge on any atom is -0.387 e. The fraction of sp³-hybridized carbons (Fsp3) is 0.500. The molecular formula is C14H21N3O3. The number of nitrogens with zero attached hydrogens (tertiary/aromatic N) is 1. The van der Waals surface area contributed by atoms with Gasteiger partial charge >= 0.3 is 0 Å². The van der Waals surface area contributed by atoms with Crippen LogP contribution >= 0.6 is 0 Å². The second-order valence-corrected chi connectivity index (χ2v) is 5.24. The van der Waals surface area contributed by atoms with Crippen molar-refractivity contribution in [1.82, 2.24) is 5.32 Å². The number of carbonyl (C=O) groups excluding carboxylic acids is 1. The highest BCUT2D eigenvalue weighted by atomic mass is 16.6. The Morgan fingerprint density at radius 1 is 1.35 bits per heavy atom. The van der Waals surface area contributed by atoms with Crippen molar-refractivity contribution in [2.45, 2.75) is 33.2 Å². The SMILES string of the molecule is CNc1ccc([N+](=O)[O-])cc1C(=O)NC(C)CC(C)C. The number of rotatable bonds is 6. The molecule has 2 N–H and O–H groups in total. The molecule has 1 aromatic rings. The maximum atomic E-state index is 12.2. The number of hydrogen-bond donors (Lipinski definition) is 2. The van der Waals surface area contributed by atoms with Gasteiger partial charge in [0.2, 0.25) is 0 Å². The van der Waals surface area contributed by atoms with E-state index in [1.165, 1.54) is 12.1 Å². The van der Waals surface area contributed by atoms with Crippen LogP contribution < -0.4 is 10.6 Å². The molecule has 0 heterocycles. The molecule has 0 aliphatic rings. The minimum absolute atomic E-state index is 0.0199. The van der Waals surface area contributed by atoms with E-state index < -0.39 is 4.92 Å². The third kappa shape index (κ3) is 4.22. The van der Waals surface area contributed by atoms with Gasteiger partial charge in [-0.15, -0.1) is 0 Å². The summed E-state index contributed by atoms with van der Waals surface area (Å²) in [6, 6.07) is 4.23. The van der Waals surface area contributed by atoms with E-state index in [1.807, 2.05) is 6.92 Å². The molecule has 0 aliphatic heterocycles. The third-order valence-electron chi connectivity index (χ3n) is 2.93. The number of carbonyl (C=O) groups is 1. The van der Waals surface area contributed by atoms with Crippen LogP contribution in [0.5, 0.6) is 0 Å². The topological polar surface area (TPSA) is 84.3 Å². The Bertz CT molecular complexity index is 500. The summed E-state index contributed by atoms with van der Waals surface area (Å²) in [4.78, 5) is 22.5. The highest BCUT2D eigenvalue weighted by molar-refractivity contribution is 6.00. The van der Waals surface area contributed by atoms with Crippen molar-refractivity contribution in [3.8, 4) is 0 Å². The number of benzene rings is 1. The largest absolute Gasteiger partial charge is 0.387 e. The first-order valence-electron chi connectivity index (χ1n) is 6.62. The van der Waals surface area contributed by atoms with Crippen LogP contribution in [0, 0.1) is 16.0 Å². The van der Waals surface area contributed by atoms with Gasteiger partial charge in [-0.05, 0) is 25.3 Å². The molecule has 1 atom stereocenters. The van der Waals surface area contributed by atoms with Crippen LogP contribution in [-0.2, 0) is 0 Å². The lowest BCUT2D eigenvalue weighted by Crippen LogP contribution is -2.33. The van der Waals surface area contributed by atoms with Crippen LogP contribution in [0.15, 0.2) is 18.2 Å². The molecule has 0 aromatic heterocycles. The molecule has 0 fully saturated rings. The van der Waals surface area contributed by atoms with Crippen molar-refractivity contribution in [1.29, 1.82) is 0 Å². The smallest absolute Gasteiger partial charge is 0.270 e. The summed E-state index contributed by atoms with van der Waals surface area (Å²) < 4.78 is 0. The third-order valence-corrected chi connectivity index (χ3v) is 2.93. The van der Waals surface area contributed by atoms with Gasteiger partial charge in [-0.2, -0.15) is 0 Å². The number of amides is 1. The van der Waals surface area contributed by atoms with Crippen LogP contribution in [-0.4, -0.2) is 23.9 Å². The highest BCUT2D eigenvalue weighted by Gasteiger charge is 2.18. The normalized spacial score (nSPS) is 12.1. The zero-order valence-electron chi connectivity index (χ0n) is 12.3. The van der Waals surface area contributed by atoms with Crippen molar-refractivity contribution < 1.29 is 9.72 Å².